The molecule has 3 rings (SSSR count). The first-order valence-corrected chi connectivity index (χ1v) is 10.6. The second-order valence-corrected chi connectivity index (χ2v) is 8.74. The van der Waals surface area contributed by atoms with Gasteiger partial charge in [0.2, 0.25) is 5.95 Å². The molecule has 0 bridgehead atoms. The maximum Gasteiger partial charge on any atom is 0.231 e. The molecule has 0 radical (unpaired) electrons. The molecule has 2 fully saturated rings. The number of rotatable bonds is 3. The largest absolute Gasteiger partial charge is 0.360 e. The highest BCUT2D eigenvalue weighted by Crippen LogP contribution is 2.26. The maximum absolute atomic E-state index is 5.53. The van der Waals surface area contributed by atoms with E-state index in [0.717, 1.165) is 24.6 Å². The lowest BCUT2D eigenvalue weighted by Gasteiger charge is -2.36. The van der Waals surface area contributed by atoms with E-state index in [2.05, 4.69) is 40.4 Å². The fourth-order valence-corrected chi connectivity index (χ4v) is 4.62. The molecular formula is C20H33N5S. The number of aromatic nitrogens is 2. The molecule has 2 atom stereocenters. The van der Waals surface area contributed by atoms with E-state index < -0.39 is 0 Å². The summed E-state index contributed by atoms with van der Waals surface area (Å²) in [5.41, 5.74) is 0.973. The van der Waals surface area contributed by atoms with Gasteiger partial charge in [0.25, 0.3) is 0 Å². The van der Waals surface area contributed by atoms with Crippen molar-refractivity contribution >= 4 is 29.1 Å². The lowest BCUT2D eigenvalue weighted by molar-refractivity contribution is 0.355. The number of piperidine rings is 1. The molecule has 2 aliphatic rings. The predicted octanol–water partition coefficient (Wildman–Crippen LogP) is 4.28. The Labute approximate surface area is 163 Å². The van der Waals surface area contributed by atoms with Crippen LogP contribution in [0.1, 0.15) is 64.5 Å². The lowest BCUT2D eigenvalue weighted by atomic mass is 9.92. The van der Waals surface area contributed by atoms with E-state index in [4.69, 9.17) is 17.2 Å². The van der Waals surface area contributed by atoms with E-state index in [0.29, 0.717) is 28.9 Å². The Morgan fingerprint density at radius 1 is 1.08 bits per heavy atom. The summed E-state index contributed by atoms with van der Waals surface area (Å²) in [6, 6.07) is 2.56. The minimum atomic E-state index is 0.477. The third kappa shape index (κ3) is 5.53. The highest BCUT2D eigenvalue weighted by atomic mass is 32.1. The molecule has 0 aromatic carbocycles. The van der Waals surface area contributed by atoms with Crippen molar-refractivity contribution < 1.29 is 0 Å². The minimum absolute atomic E-state index is 0.477. The molecular weight excluding hydrogens is 342 g/mol. The van der Waals surface area contributed by atoms with Crippen LogP contribution in [0.4, 0.5) is 11.8 Å². The molecule has 0 spiro atoms. The number of aryl methyl sites for hydroxylation is 1. The van der Waals surface area contributed by atoms with Gasteiger partial charge in [-0.15, -0.1) is 0 Å². The Kier molecular flexibility index (Phi) is 6.68. The van der Waals surface area contributed by atoms with Crippen LogP contribution in [0.5, 0.6) is 0 Å². The maximum atomic E-state index is 5.53. The Morgan fingerprint density at radius 2 is 1.73 bits per heavy atom. The molecule has 1 aromatic rings. The van der Waals surface area contributed by atoms with Crippen molar-refractivity contribution in [3.05, 3.63) is 11.8 Å². The summed E-state index contributed by atoms with van der Waals surface area (Å²) in [5.74, 6) is 3.01. The zero-order valence-electron chi connectivity index (χ0n) is 16.4. The van der Waals surface area contributed by atoms with Crippen molar-refractivity contribution in [2.24, 2.45) is 11.8 Å². The first-order valence-electron chi connectivity index (χ1n) is 10.2. The SMILES string of the molecule is Cc1cc(N2C[C@H](C)C[C@@H](C)C2)nc(NC(=S)NC2CCCCCC2)n1. The Balaban J connectivity index is 1.64. The Hall–Kier alpha value is -1.43. The molecule has 1 aliphatic carbocycles. The van der Waals surface area contributed by atoms with Crippen molar-refractivity contribution in [1.29, 1.82) is 0 Å². The van der Waals surface area contributed by atoms with Crippen LogP contribution in [0.25, 0.3) is 0 Å². The molecule has 1 aliphatic heterocycles. The number of anilines is 2. The number of nitrogens with zero attached hydrogens (tertiary/aromatic N) is 3. The Bertz CT molecular complexity index is 602. The molecule has 6 heteroatoms. The van der Waals surface area contributed by atoms with Crippen LogP contribution >= 0.6 is 12.2 Å². The van der Waals surface area contributed by atoms with Gasteiger partial charge in [-0.3, -0.25) is 0 Å². The van der Waals surface area contributed by atoms with Crippen molar-refractivity contribution in [2.75, 3.05) is 23.3 Å². The summed E-state index contributed by atoms with van der Waals surface area (Å²) in [6.07, 6.45) is 8.95. The monoisotopic (exact) mass is 375 g/mol. The molecule has 144 valence electrons. The minimum Gasteiger partial charge on any atom is -0.360 e. The molecule has 2 heterocycles. The van der Waals surface area contributed by atoms with Crippen LogP contribution in [-0.4, -0.2) is 34.2 Å². The molecule has 5 nitrogen and oxygen atoms in total. The molecule has 1 aromatic heterocycles. The fourth-order valence-electron chi connectivity index (χ4n) is 4.37. The van der Waals surface area contributed by atoms with E-state index in [-0.39, 0.29) is 0 Å². The van der Waals surface area contributed by atoms with Gasteiger partial charge in [0, 0.05) is 30.9 Å². The second kappa shape index (κ2) is 8.98. The van der Waals surface area contributed by atoms with Gasteiger partial charge in [-0.05, 0) is 50.2 Å². The summed E-state index contributed by atoms with van der Waals surface area (Å²) in [6.45, 7) is 8.79. The molecule has 1 saturated heterocycles. The molecule has 26 heavy (non-hydrogen) atoms. The van der Waals surface area contributed by atoms with Gasteiger partial charge in [-0.2, -0.15) is 4.98 Å². The van der Waals surface area contributed by atoms with E-state index in [1.165, 1.54) is 44.9 Å². The Morgan fingerprint density at radius 3 is 2.38 bits per heavy atom. The number of nitrogens with one attached hydrogen (secondary N) is 2. The van der Waals surface area contributed by atoms with Gasteiger partial charge < -0.3 is 15.5 Å². The van der Waals surface area contributed by atoms with Gasteiger partial charge in [-0.25, -0.2) is 4.98 Å². The van der Waals surface area contributed by atoms with Gasteiger partial charge in [0.15, 0.2) is 5.11 Å². The standard InChI is InChI=1S/C20H33N5S/c1-14-10-15(2)13-25(12-14)18-11-16(3)21-19(23-18)24-20(26)22-17-8-6-4-5-7-9-17/h11,14-15,17H,4-10,12-13H2,1-3H3,(H2,21,22,23,24,26)/t14-,15-/m1/s1. The summed E-state index contributed by atoms with van der Waals surface area (Å²) in [4.78, 5) is 11.7. The number of hydrogen-bond donors (Lipinski definition) is 2. The molecule has 0 amide bonds. The van der Waals surface area contributed by atoms with Gasteiger partial charge in [0.05, 0.1) is 0 Å². The van der Waals surface area contributed by atoms with Crippen LogP contribution in [-0.2, 0) is 0 Å². The van der Waals surface area contributed by atoms with Gasteiger partial charge in [-0.1, -0.05) is 39.5 Å². The number of thiocarbonyl (C=S) groups is 1. The molecule has 2 N–H and O–H groups in total. The summed E-state index contributed by atoms with van der Waals surface area (Å²) in [7, 11) is 0. The first-order chi connectivity index (χ1) is 12.5. The normalized spacial score (nSPS) is 24.8. The van der Waals surface area contributed by atoms with Crippen molar-refractivity contribution in [2.45, 2.75) is 71.8 Å². The van der Waals surface area contributed by atoms with Crippen LogP contribution in [0.3, 0.4) is 0 Å². The molecule has 0 unspecified atom stereocenters. The van der Waals surface area contributed by atoms with Crippen LogP contribution in [0.2, 0.25) is 0 Å². The smallest absolute Gasteiger partial charge is 0.231 e. The van der Waals surface area contributed by atoms with Crippen LogP contribution in [0.15, 0.2) is 6.07 Å². The van der Waals surface area contributed by atoms with Gasteiger partial charge >= 0.3 is 0 Å². The number of hydrogen-bond acceptors (Lipinski definition) is 4. The molecule has 1 saturated carbocycles. The summed E-state index contributed by atoms with van der Waals surface area (Å²) < 4.78 is 0. The summed E-state index contributed by atoms with van der Waals surface area (Å²) in [5, 5.41) is 7.34. The highest BCUT2D eigenvalue weighted by molar-refractivity contribution is 7.80. The van der Waals surface area contributed by atoms with E-state index in [9.17, 15) is 0 Å². The van der Waals surface area contributed by atoms with Crippen molar-refractivity contribution in [3.8, 4) is 0 Å². The highest BCUT2D eigenvalue weighted by Gasteiger charge is 2.23. The quantitative estimate of drug-likeness (QED) is 0.608. The fraction of sp³-hybridized carbons (Fsp3) is 0.750. The first kappa shape index (κ1) is 19.3. The average molecular weight is 376 g/mol. The second-order valence-electron chi connectivity index (χ2n) is 8.33. The summed E-state index contributed by atoms with van der Waals surface area (Å²) >= 11 is 5.53. The third-order valence-electron chi connectivity index (χ3n) is 5.45. The zero-order valence-corrected chi connectivity index (χ0v) is 17.2. The zero-order chi connectivity index (χ0) is 18.5. The van der Waals surface area contributed by atoms with Crippen molar-refractivity contribution in [1.82, 2.24) is 15.3 Å². The van der Waals surface area contributed by atoms with E-state index >= 15 is 0 Å². The lowest BCUT2D eigenvalue weighted by Crippen LogP contribution is -2.40. The van der Waals surface area contributed by atoms with E-state index in [1.807, 2.05) is 6.92 Å². The third-order valence-corrected chi connectivity index (χ3v) is 5.67. The topological polar surface area (TPSA) is 53.1 Å². The van der Waals surface area contributed by atoms with Crippen LogP contribution in [0, 0.1) is 18.8 Å². The van der Waals surface area contributed by atoms with E-state index in [1.54, 1.807) is 0 Å². The predicted molar refractivity (Wildman–Crippen MR) is 113 cm³/mol. The average Bonchev–Trinajstić information content (AvgIpc) is 2.82. The van der Waals surface area contributed by atoms with Crippen molar-refractivity contribution in [3.63, 3.8) is 0 Å². The van der Waals surface area contributed by atoms with Crippen LogP contribution < -0.4 is 15.5 Å². The van der Waals surface area contributed by atoms with Gasteiger partial charge in [0.1, 0.15) is 5.82 Å².